The highest BCUT2D eigenvalue weighted by molar-refractivity contribution is 7.98. The van der Waals surface area contributed by atoms with Crippen LogP contribution in [0, 0.1) is 12.8 Å². The predicted octanol–water partition coefficient (Wildman–Crippen LogP) is 4.05. The first-order valence-electron chi connectivity index (χ1n) is 9.90. The molecule has 29 heavy (non-hydrogen) atoms. The van der Waals surface area contributed by atoms with E-state index >= 15 is 0 Å². The first-order valence-corrected chi connectivity index (χ1v) is 11.9. The Morgan fingerprint density at radius 1 is 1.31 bits per heavy atom. The Morgan fingerprint density at radius 3 is 2.72 bits per heavy atom. The van der Waals surface area contributed by atoms with Gasteiger partial charge in [0.15, 0.2) is 10.8 Å². The van der Waals surface area contributed by atoms with Crippen LogP contribution in [-0.2, 0) is 7.05 Å². The average Bonchev–Trinajstić information content (AvgIpc) is 3.30. The molecule has 4 rings (SSSR count). The number of piperidine rings is 1. The number of fused-ring (bicyclic) bond motifs is 1. The number of nitrogens with zero attached hydrogens (tertiary/aromatic N) is 5. The van der Waals surface area contributed by atoms with E-state index < -0.39 is 0 Å². The van der Waals surface area contributed by atoms with Gasteiger partial charge in [0, 0.05) is 44.3 Å². The topological polar surface area (TPSA) is 54.3 Å². The lowest BCUT2D eigenvalue weighted by atomic mass is 9.96. The van der Waals surface area contributed by atoms with Crippen molar-refractivity contribution in [3.63, 3.8) is 0 Å². The van der Waals surface area contributed by atoms with Crippen molar-refractivity contribution in [1.82, 2.24) is 19.7 Å². The van der Waals surface area contributed by atoms with Crippen molar-refractivity contribution in [3.8, 4) is 0 Å². The van der Waals surface area contributed by atoms with Gasteiger partial charge < -0.3 is 9.80 Å². The smallest absolute Gasteiger partial charge is 0.274 e. The fraction of sp³-hybridized carbons (Fsp3) is 0.476. The van der Waals surface area contributed by atoms with Crippen molar-refractivity contribution in [2.45, 2.75) is 24.7 Å². The van der Waals surface area contributed by atoms with Gasteiger partial charge in [-0.15, -0.1) is 11.8 Å². The zero-order valence-corrected chi connectivity index (χ0v) is 19.0. The summed E-state index contributed by atoms with van der Waals surface area (Å²) in [5, 5.41) is 5.43. The van der Waals surface area contributed by atoms with Gasteiger partial charge in [0.05, 0.1) is 10.2 Å². The quantitative estimate of drug-likeness (QED) is 0.573. The Bertz CT molecular complexity index is 1000. The molecule has 2 aromatic heterocycles. The van der Waals surface area contributed by atoms with Crippen LogP contribution in [0.4, 0.5) is 5.13 Å². The van der Waals surface area contributed by atoms with Gasteiger partial charge in [-0.2, -0.15) is 5.10 Å². The number of carbonyl (C=O) groups excluding carboxylic acids is 1. The predicted molar refractivity (Wildman–Crippen MR) is 121 cm³/mol. The lowest BCUT2D eigenvalue weighted by molar-refractivity contribution is 0.0758. The molecular weight excluding hydrogens is 402 g/mol. The van der Waals surface area contributed by atoms with E-state index in [0.717, 1.165) is 48.8 Å². The molecule has 8 heteroatoms. The Balaban J connectivity index is 1.35. The first kappa shape index (κ1) is 20.2. The maximum atomic E-state index is 12.7. The van der Waals surface area contributed by atoms with Crippen molar-refractivity contribution >= 4 is 44.4 Å². The fourth-order valence-corrected chi connectivity index (χ4v) is 5.36. The molecule has 1 aliphatic rings. The molecule has 6 nitrogen and oxygen atoms in total. The van der Waals surface area contributed by atoms with E-state index in [1.54, 1.807) is 27.8 Å². The number of benzene rings is 1. The molecule has 1 aliphatic heterocycles. The van der Waals surface area contributed by atoms with E-state index in [9.17, 15) is 4.79 Å². The van der Waals surface area contributed by atoms with Gasteiger partial charge in [0.1, 0.15) is 0 Å². The van der Waals surface area contributed by atoms with Crippen LogP contribution in [0.25, 0.3) is 10.2 Å². The number of carbonyl (C=O) groups is 1. The van der Waals surface area contributed by atoms with Crippen molar-refractivity contribution < 1.29 is 4.79 Å². The summed E-state index contributed by atoms with van der Waals surface area (Å²) in [5.74, 6) is 0.523. The van der Waals surface area contributed by atoms with Gasteiger partial charge in [0.2, 0.25) is 0 Å². The minimum atomic E-state index is 0.00639. The third-order valence-corrected chi connectivity index (χ3v) is 7.49. The van der Waals surface area contributed by atoms with Crippen LogP contribution in [0.5, 0.6) is 0 Å². The van der Waals surface area contributed by atoms with E-state index in [-0.39, 0.29) is 5.91 Å². The molecule has 1 fully saturated rings. The number of rotatable bonds is 5. The van der Waals surface area contributed by atoms with Crippen molar-refractivity contribution in [2.75, 3.05) is 37.8 Å². The van der Waals surface area contributed by atoms with Gasteiger partial charge in [-0.3, -0.25) is 9.48 Å². The van der Waals surface area contributed by atoms with Gasteiger partial charge in [0.25, 0.3) is 5.91 Å². The van der Waals surface area contributed by atoms with Crippen LogP contribution in [0.1, 0.15) is 29.0 Å². The number of thioether (sulfide) groups is 1. The summed E-state index contributed by atoms with van der Waals surface area (Å²) >= 11 is 3.55. The van der Waals surface area contributed by atoms with E-state index in [1.165, 1.54) is 9.60 Å². The molecule has 0 aliphatic carbocycles. The second-order valence-corrected chi connectivity index (χ2v) is 9.63. The van der Waals surface area contributed by atoms with Crippen LogP contribution >= 0.6 is 23.1 Å². The number of hydrogen-bond donors (Lipinski definition) is 0. The molecule has 3 aromatic rings. The highest BCUT2D eigenvalue weighted by Crippen LogP contribution is 2.33. The van der Waals surface area contributed by atoms with Crippen LogP contribution in [0.3, 0.4) is 0 Å². The summed E-state index contributed by atoms with van der Waals surface area (Å²) in [6.45, 7) is 4.72. The van der Waals surface area contributed by atoms with E-state index in [2.05, 4.69) is 34.5 Å². The highest BCUT2D eigenvalue weighted by atomic mass is 32.2. The SMILES string of the molecule is CSc1ccc2nc(N3CCC(CN(C)C(=O)c4cc(C)n(C)n4)CC3)sc2c1. The minimum Gasteiger partial charge on any atom is -0.348 e. The lowest BCUT2D eigenvalue weighted by Gasteiger charge is -2.33. The molecule has 154 valence electrons. The summed E-state index contributed by atoms with van der Waals surface area (Å²) in [6, 6.07) is 8.34. The summed E-state index contributed by atoms with van der Waals surface area (Å²) in [7, 11) is 3.75. The number of anilines is 1. The maximum absolute atomic E-state index is 12.7. The molecule has 0 atom stereocenters. The number of aromatic nitrogens is 3. The number of thiazole rings is 1. The zero-order valence-electron chi connectivity index (χ0n) is 17.4. The van der Waals surface area contributed by atoms with Crippen LogP contribution in [-0.4, -0.2) is 58.5 Å². The molecule has 0 unspecified atom stereocenters. The third kappa shape index (κ3) is 4.28. The van der Waals surface area contributed by atoms with Gasteiger partial charge in [-0.1, -0.05) is 11.3 Å². The average molecular weight is 430 g/mol. The molecule has 0 radical (unpaired) electrons. The Hall–Kier alpha value is -2.06. The van der Waals surface area contributed by atoms with Crippen LogP contribution in [0.15, 0.2) is 29.2 Å². The molecule has 0 bridgehead atoms. The molecule has 0 spiro atoms. The van der Waals surface area contributed by atoms with Crippen molar-refractivity contribution in [2.24, 2.45) is 13.0 Å². The Labute approximate surface area is 179 Å². The van der Waals surface area contributed by atoms with Crippen molar-refractivity contribution in [1.29, 1.82) is 0 Å². The third-order valence-electron chi connectivity index (χ3n) is 5.68. The number of aryl methyl sites for hydroxylation is 2. The second-order valence-electron chi connectivity index (χ2n) is 7.74. The molecule has 3 heterocycles. The zero-order chi connectivity index (χ0) is 20.5. The largest absolute Gasteiger partial charge is 0.348 e. The van der Waals surface area contributed by atoms with E-state index in [4.69, 9.17) is 4.98 Å². The molecule has 1 saturated heterocycles. The minimum absolute atomic E-state index is 0.00639. The molecular formula is C21H27N5OS2. The van der Waals surface area contributed by atoms with Crippen LogP contribution < -0.4 is 4.90 Å². The Kier molecular flexibility index (Phi) is 5.83. The fourth-order valence-electron chi connectivity index (χ4n) is 3.79. The first-order chi connectivity index (χ1) is 13.9. The normalized spacial score (nSPS) is 15.2. The van der Waals surface area contributed by atoms with E-state index in [1.807, 2.05) is 32.0 Å². The Morgan fingerprint density at radius 2 is 2.07 bits per heavy atom. The highest BCUT2D eigenvalue weighted by Gasteiger charge is 2.25. The van der Waals surface area contributed by atoms with Gasteiger partial charge in [-0.05, 0) is 56.2 Å². The number of hydrogen-bond acceptors (Lipinski definition) is 6. The van der Waals surface area contributed by atoms with Crippen molar-refractivity contribution in [3.05, 3.63) is 35.7 Å². The molecule has 0 saturated carbocycles. The van der Waals surface area contributed by atoms with Gasteiger partial charge in [-0.25, -0.2) is 4.98 Å². The number of amides is 1. The summed E-state index contributed by atoms with van der Waals surface area (Å²) in [5.41, 5.74) is 2.61. The standard InChI is InChI=1S/C21H27N5OS2/c1-14-11-18(23-25(14)3)20(27)24(2)13-15-7-9-26(10-8-15)21-22-17-6-5-16(28-4)12-19(17)29-21/h5-6,11-12,15H,7-10,13H2,1-4H3. The molecule has 0 N–H and O–H groups in total. The van der Waals surface area contributed by atoms with Gasteiger partial charge >= 0.3 is 0 Å². The molecule has 1 amide bonds. The monoisotopic (exact) mass is 429 g/mol. The summed E-state index contributed by atoms with van der Waals surface area (Å²) in [4.78, 5) is 23.0. The summed E-state index contributed by atoms with van der Waals surface area (Å²) in [6.07, 6.45) is 4.25. The lowest BCUT2D eigenvalue weighted by Crippen LogP contribution is -2.39. The van der Waals surface area contributed by atoms with Crippen LogP contribution in [0.2, 0.25) is 0 Å². The second kappa shape index (κ2) is 8.36. The maximum Gasteiger partial charge on any atom is 0.274 e. The summed E-state index contributed by atoms with van der Waals surface area (Å²) < 4.78 is 3.00. The van der Waals surface area contributed by atoms with E-state index in [0.29, 0.717) is 11.6 Å². The molecule has 1 aromatic carbocycles.